The van der Waals surface area contributed by atoms with Crippen molar-refractivity contribution in [3.63, 3.8) is 0 Å². The first kappa shape index (κ1) is 11.8. The number of halogens is 2. The second-order valence-electron chi connectivity index (χ2n) is 3.96. The van der Waals surface area contributed by atoms with E-state index >= 15 is 0 Å². The lowest BCUT2D eigenvalue weighted by Gasteiger charge is -1.96. The van der Waals surface area contributed by atoms with Gasteiger partial charge in [-0.25, -0.2) is 4.98 Å². The van der Waals surface area contributed by atoms with Crippen LogP contribution in [-0.4, -0.2) is 4.98 Å². The van der Waals surface area contributed by atoms with Crippen molar-refractivity contribution >= 4 is 38.6 Å². The van der Waals surface area contributed by atoms with Crippen LogP contribution in [0.3, 0.4) is 0 Å². The molecule has 2 nitrogen and oxygen atoms in total. The van der Waals surface area contributed by atoms with Crippen LogP contribution >= 0.6 is 27.5 Å². The molecule has 3 aromatic rings. The molecule has 0 amide bonds. The zero-order valence-electron chi connectivity index (χ0n) is 9.36. The second-order valence-corrected chi connectivity index (χ2v) is 5.14. The number of hydrogen-bond acceptors (Lipinski definition) is 2. The lowest BCUT2D eigenvalue weighted by molar-refractivity contribution is 0.620. The quantitative estimate of drug-likeness (QED) is 0.621. The van der Waals surface area contributed by atoms with Gasteiger partial charge in [-0.1, -0.05) is 28.1 Å². The van der Waals surface area contributed by atoms with Crippen LogP contribution in [0.5, 0.6) is 0 Å². The van der Waals surface area contributed by atoms with E-state index in [-0.39, 0.29) is 0 Å². The Morgan fingerprint density at radius 3 is 2.61 bits per heavy atom. The first-order valence-corrected chi connectivity index (χ1v) is 6.80. The van der Waals surface area contributed by atoms with Crippen molar-refractivity contribution in [2.45, 2.75) is 5.88 Å². The van der Waals surface area contributed by atoms with Crippen LogP contribution in [0.4, 0.5) is 0 Å². The fraction of sp³-hybridized carbons (Fsp3) is 0.0714. The molecule has 0 radical (unpaired) electrons. The summed E-state index contributed by atoms with van der Waals surface area (Å²) in [6.07, 6.45) is 0. The second kappa shape index (κ2) is 4.75. The van der Waals surface area contributed by atoms with Crippen LogP contribution in [0.1, 0.15) is 5.56 Å². The summed E-state index contributed by atoms with van der Waals surface area (Å²) in [5, 5.41) is 0. The van der Waals surface area contributed by atoms with E-state index < -0.39 is 0 Å². The lowest BCUT2D eigenvalue weighted by Crippen LogP contribution is -1.80. The van der Waals surface area contributed by atoms with Crippen LogP contribution in [0.25, 0.3) is 22.6 Å². The van der Waals surface area contributed by atoms with E-state index in [2.05, 4.69) is 20.9 Å². The van der Waals surface area contributed by atoms with E-state index in [0.29, 0.717) is 11.8 Å². The lowest BCUT2D eigenvalue weighted by atomic mass is 10.1. The smallest absolute Gasteiger partial charge is 0.227 e. The molecule has 4 heteroatoms. The van der Waals surface area contributed by atoms with Crippen molar-refractivity contribution in [1.29, 1.82) is 0 Å². The minimum atomic E-state index is 0.515. The van der Waals surface area contributed by atoms with E-state index in [1.807, 2.05) is 42.5 Å². The molecule has 0 aliphatic heterocycles. The summed E-state index contributed by atoms with van der Waals surface area (Å²) in [5.74, 6) is 1.14. The molecular formula is C14H9BrClNO. The van der Waals surface area contributed by atoms with Crippen molar-refractivity contribution in [2.75, 3.05) is 0 Å². The van der Waals surface area contributed by atoms with Crippen LogP contribution < -0.4 is 0 Å². The van der Waals surface area contributed by atoms with Gasteiger partial charge in [-0.2, -0.15) is 0 Å². The van der Waals surface area contributed by atoms with Gasteiger partial charge in [0.2, 0.25) is 5.89 Å². The fourth-order valence-corrected chi connectivity index (χ4v) is 2.29. The normalized spacial score (nSPS) is 11.0. The van der Waals surface area contributed by atoms with Crippen molar-refractivity contribution in [3.05, 3.63) is 52.5 Å². The zero-order chi connectivity index (χ0) is 12.5. The van der Waals surface area contributed by atoms with Crippen LogP contribution in [0.15, 0.2) is 51.4 Å². The summed E-state index contributed by atoms with van der Waals surface area (Å²) >= 11 is 9.18. The Labute approximate surface area is 118 Å². The van der Waals surface area contributed by atoms with Crippen molar-refractivity contribution in [3.8, 4) is 11.5 Å². The van der Waals surface area contributed by atoms with Crippen LogP contribution in [0, 0.1) is 0 Å². The Balaban J connectivity index is 2.07. The van der Waals surface area contributed by atoms with Gasteiger partial charge in [0.05, 0.1) is 0 Å². The van der Waals surface area contributed by atoms with Gasteiger partial charge in [0.25, 0.3) is 0 Å². The number of hydrogen-bond donors (Lipinski definition) is 0. The maximum atomic E-state index is 5.76. The van der Waals surface area contributed by atoms with Crippen molar-refractivity contribution in [2.24, 2.45) is 0 Å². The first-order chi connectivity index (χ1) is 8.76. The number of aromatic nitrogens is 1. The minimum Gasteiger partial charge on any atom is -0.436 e. The third-order valence-corrected chi connectivity index (χ3v) is 3.51. The maximum absolute atomic E-state index is 5.76. The Hall–Kier alpha value is -1.32. The topological polar surface area (TPSA) is 26.0 Å². The highest BCUT2D eigenvalue weighted by Crippen LogP contribution is 2.26. The van der Waals surface area contributed by atoms with Crippen molar-refractivity contribution < 1.29 is 4.42 Å². The van der Waals surface area contributed by atoms with Crippen LogP contribution in [-0.2, 0) is 5.88 Å². The summed E-state index contributed by atoms with van der Waals surface area (Å²) in [6.45, 7) is 0. The van der Waals surface area contributed by atoms with Gasteiger partial charge in [0.15, 0.2) is 5.58 Å². The first-order valence-electron chi connectivity index (χ1n) is 5.47. The number of oxazole rings is 1. The number of alkyl halides is 1. The third-order valence-electron chi connectivity index (χ3n) is 2.70. The van der Waals surface area contributed by atoms with Gasteiger partial charge in [0, 0.05) is 15.9 Å². The molecule has 0 unspecified atom stereocenters. The molecule has 2 aromatic carbocycles. The van der Waals surface area contributed by atoms with E-state index in [4.69, 9.17) is 16.0 Å². The molecule has 0 saturated carbocycles. The SMILES string of the molecule is ClCc1ccc(-c2nc3cc(Br)ccc3o2)cc1. The number of fused-ring (bicyclic) bond motifs is 1. The molecule has 0 bridgehead atoms. The molecule has 0 saturated heterocycles. The average molecular weight is 323 g/mol. The molecular weight excluding hydrogens is 314 g/mol. The zero-order valence-corrected chi connectivity index (χ0v) is 11.7. The summed E-state index contributed by atoms with van der Waals surface area (Å²) in [6, 6.07) is 13.7. The summed E-state index contributed by atoms with van der Waals surface area (Å²) < 4.78 is 6.71. The van der Waals surface area contributed by atoms with Gasteiger partial charge >= 0.3 is 0 Å². The highest BCUT2D eigenvalue weighted by atomic mass is 79.9. The molecule has 90 valence electrons. The van der Waals surface area contributed by atoms with E-state index in [1.54, 1.807) is 0 Å². The monoisotopic (exact) mass is 321 g/mol. The maximum Gasteiger partial charge on any atom is 0.227 e. The molecule has 3 rings (SSSR count). The third kappa shape index (κ3) is 2.16. The van der Waals surface area contributed by atoms with Gasteiger partial charge < -0.3 is 4.42 Å². The van der Waals surface area contributed by atoms with Gasteiger partial charge in [-0.3, -0.25) is 0 Å². The van der Waals surface area contributed by atoms with Gasteiger partial charge in [-0.05, 0) is 35.9 Å². The molecule has 0 N–H and O–H groups in total. The summed E-state index contributed by atoms with van der Waals surface area (Å²) in [5.41, 5.74) is 3.67. The van der Waals surface area contributed by atoms with E-state index in [0.717, 1.165) is 26.7 Å². The Bertz CT molecular complexity index is 691. The average Bonchev–Trinajstić information content (AvgIpc) is 2.81. The highest BCUT2D eigenvalue weighted by molar-refractivity contribution is 9.10. The molecule has 1 aromatic heterocycles. The fourth-order valence-electron chi connectivity index (χ4n) is 1.76. The van der Waals surface area contributed by atoms with E-state index in [1.165, 1.54) is 0 Å². The highest BCUT2D eigenvalue weighted by Gasteiger charge is 2.08. The Kier molecular flexibility index (Phi) is 3.10. The number of nitrogens with zero attached hydrogens (tertiary/aromatic N) is 1. The molecule has 0 atom stereocenters. The Morgan fingerprint density at radius 1 is 1.11 bits per heavy atom. The molecule has 0 spiro atoms. The summed E-state index contributed by atoms with van der Waals surface area (Å²) in [7, 11) is 0. The van der Waals surface area contributed by atoms with Gasteiger partial charge in [-0.15, -0.1) is 11.6 Å². The summed E-state index contributed by atoms with van der Waals surface area (Å²) in [4.78, 5) is 4.47. The standard InChI is InChI=1S/C14H9BrClNO/c15-11-5-6-13-12(7-11)17-14(18-13)10-3-1-9(8-16)2-4-10/h1-7H,8H2. The predicted molar refractivity (Wildman–Crippen MR) is 76.7 cm³/mol. The molecule has 18 heavy (non-hydrogen) atoms. The molecule has 0 aliphatic rings. The minimum absolute atomic E-state index is 0.515. The molecule has 1 heterocycles. The predicted octanol–water partition coefficient (Wildman–Crippen LogP) is 5.00. The van der Waals surface area contributed by atoms with E-state index in [9.17, 15) is 0 Å². The number of rotatable bonds is 2. The number of benzene rings is 2. The Morgan fingerprint density at radius 2 is 1.89 bits per heavy atom. The van der Waals surface area contributed by atoms with Crippen LogP contribution in [0.2, 0.25) is 0 Å². The molecule has 0 aliphatic carbocycles. The largest absolute Gasteiger partial charge is 0.436 e. The van der Waals surface area contributed by atoms with Crippen molar-refractivity contribution in [1.82, 2.24) is 4.98 Å². The van der Waals surface area contributed by atoms with Gasteiger partial charge in [0.1, 0.15) is 5.52 Å². The molecule has 0 fully saturated rings.